The molecule has 0 atom stereocenters. The second-order valence-electron chi connectivity index (χ2n) is 7.91. The second kappa shape index (κ2) is 10.3. The molecule has 0 bridgehead atoms. The van der Waals surface area contributed by atoms with Gasteiger partial charge in [-0.1, -0.05) is 53.7 Å². The third-order valence-corrected chi connectivity index (χ3v) is 6.87. The summed E-state index contributed by atoms with van der Waals surface area (Å²) in [6.07, 6.45) is 0. The van der Waals surface area contributed by atoms with E-state index in [9.17, 15) is 14.9 Å². The molecule has 0 unspecified atom stereocenters. The van der Waals surface area contributed by atoms with Gasteiger partial charge in [-0.05, 0) is 38.1 Å². The molecule has 2 N–H and O–H groups in total. The van der Waals surface area contributed by atoms with E-state index < -0.39 is 5.78 Å². The Balaban J connectivity index is 1.91. The van der Waals surface area contributed by atoms with Gasteiger partial charge in [-0.2, -0.15) is 5.26 Å². The maximum Gasteiger partial charge on any atom is 0.296 e. The molecular weight excluding hydrogens is 498 g/mol. The van der Waals surface area contributed by atoms with Gasteiger partial charge in [0.05, 0.1) is 22.2 Å². The molecule has 2 aromatic heterocycles. The lowest BCUT2D eigenvalue weighted by molar-refractivity contribution is -0.112. The summed E-state index contributed by atoms with van der Waals surface area (Å²) in [6, 6.07) is 18.2. The Hall–Kier alpha value is -4.07. The Morgan fingerprint density at radius 2 is 1.81 bits per heavy atom. The summed E-state index contributed by atoms with van der Waals surface area (Å²) in [7, 11) is 1.79. The van der Waals surface area contributed by atoms with Gasteiger partial charge in [0.1, 0.15) is 17.3 Å². The number of thioether (sulfide) groups is 1. The van der Waals surface area contributed by atoms with Crippen LogP contribution in [-0.4, -0.2) is 35.7 Å². The number of halogens is 1. The fourth-order valence-electron chi connectivity index (χ4n) is 3.77. The number of carbonyl (C=O) groups is 1. The summed E-state index contributed by atoms with van der Waals surface area (Å²) in [5.41, 5.74) is 7.67. The monoisotopic (exact) mass is 519 g/mol. The summed E-state index contributed by atoms with van der Waals surface area (Å²) in [5, 5.41) is 18.6. The van der Waals surface area contributed by atoms with Crippen molar-refractivity contribution in [2.45, 2.75) is 19.0 Å². The summed E-state index contributed by atoms with van der Waals surface area (Å²) >= 11 is 7.53. The van der Waals surface area contributed by atoms with E-state index in [0.717, 1.165) is 11.8 Å². The highest BCUT2D eigenvalue weighted by atomic mass is 35.5. The second-order valence-corrected chi connectivity index (χ2v) is 9.26. The third kappa shape index (κ3) is 4.46. The lowest BCUT2D eigenvalue weighted by atomic mass is 10.2. The Kier molecular flexibility index (Phi) is 7.15. The highest BCUT2D eigenvalue weighted by molar-refractivity contribution is 7.99. The predicted octanol–water partition coefficient (Wildman–Crippen LogP) is 3.80. The number of carbonyl (C=O) groups excluding carboxylic acids is 1. The van der Waals surface area contributed by atoms with E-state index >= 15 is 0 Å². The molecule has 9 nitrogen and oxygen atoms in total. The van der Waals surface area contributed by atoms with Gasteiger partial charge in [0.15, 0.2) is 16.8 Å². The van der Waals surface area contributed by atoms with Crippen LogP contribution in [0, 0.1) is 18.3 Å². The zero-order valence-electron chi connectivity index (χ0n) is 19.8. The zero-order chi connectivity index (χ0) is 26.0. The Labute approximate surface area is 216 Å². The van der Waals surface area contributed by atoms with Gasteiger partial charge in [-0.25, -0.2) is 4.68 Å². The first-order valence-electron chi connectivity index (χ1n) is 10.8. The molecule has 2 aromatic carbocycles. The van der Waals surface area contributed by atoms with Crippen LogP contribution in [-0.2, 0) is 11.8 Å². The summed E-state index contributed by atoms with van der Waals surface area (Å²) in [6.45, 7) is 3.32. The van der Waals surface area contributed by atoms with E-state index in [0.29, 0.717) is 38.6 Å². The minimum Gasteiger partial charge on any atom is -0.401 e. The largest absolute Gasteiger partial charge is 0.401 e. The fourth-order valence-corrected chi connectivity index (χ4v) is 4.80. The predicted molar refractivity (Wildman–Crippen MR) is 139 cm³/mol. The van der Waals surface area contributed by atoms with E-state index in [-0.39, 0.29) is 22.6 Å². The number of hydrogen-bond donors (Lipinski definition) is 1. The maximum absolute atomic E-state index is 13.8. The van der Waals surface area contributed by atoms with Gasteiger partial charge >= 0.3 is 0 Å². The smallest absolute Gasteiger partial charge is 0.296 e. The van der Waals surface area contributed by atoms with Crippen LogP contribution in [0.25, 0.3) is 22.8 Å². The molecule has 2 heterocycles. The topological polar surface area (TPSA) is 125 Å². The van der Waals surface area contributed by atoms with Crippen LogP contribution >= 0.6 is 23.4 Å². The number of nitrogens with zero attached hydrogens (tertiary/aromatic N) is 6. The van der Waals surface area contributed by atoms with Crippen LogP contribution in [0.5, 0.6) is 0 Å². The first-order chi connectivity index (χ1) is 17.3. The minimum atomic E-state index is -0.442. The van der Waals surface area contributed by atoms with Crippen molar-refractivity contribution in [1.82, 2.24) is 24.1 Å². The van der Waals surface area contributed by atoms with Crippen LogP contribution in [0.2, 0.25) is 5.02 Å². The van der Waals surface area contributed by atoms with Crippen molar-refractivity contribution in [1.29, 1.82) is 5.26 Å². The molecule has 0 aliphatic carbocycles. The van der Waals surface area contributed by atoms with E-state index in [1.165, 1.54) is 6.92 Å². The molecule has 0 spiro atoms. The molecule has 0 radical (unpaired) electrons. The highest BCUT2D eigenvalue weighted by Crippen LogP contribution is 2.32. The lowest BCUT2D eigenvalue weighted by Crippen LogP contribution is -2.22. The fraction of sp³-hybridized carbons (Fsp3) is 0.160. The van der Waals surface area contributed by atoms with E-state index in [4.69, 9.17) is 17.3 Å². The van der Waals surface area contributed by atoms with Crippen molar-refractivity contribution >= 4 is 29.1 Å². The van der Waals surface area contributed by atoms with Crippen molar-refractivity contribution in [2.75, 3.05) is 5.75 Å². The van der Waals surface area contributed by atoms with Gasteiger partial charge in [0.2, 0.25) is 0 Å². The van der Waals surface area contributed by atoms with Crippen molar-refractivity contribution in [3.8, 4) is 28.8 Å². The van der Waals surface area contributed by atoms with Gasteiger partial charge in [-0.3, -0.25) is 18.8 Å². The molecule has 11 heteroatoms. The Bertz CT molecular complexity index is 1590. The molecule has 4 rings (SSSR count). The van der Waals surface area contributed by atoms with Crippen molar-refractivity contribution < 1.29 is 4.79 Å². The molecule has 0 fully saturated rings. The van der Waals surface area contributed by atoms with Crippen molar-refractivity contribution in [3.05, 3.63) is 86.9 Å². The Morgan fingerprint density at radius 3 is 2.44 bits per heavy atom. The first kappa shape index (κ1) is 25.0. The first-order valence-corrected chi connectivity index (χ1v) is 12.2. The molecular formula is C25H22ClN7O2S. The molecule has 36 heavy (non-hydrogen) atoms. The number of hydrogen-bond acceptors (Lipinski definition) is 7. The van der Waals surface area contributed by atoms with Crippen LogP contribution in [0.4, 0.5) is 0 Å². The average Bonchev–Trinajstić information content (AvgIpc) is 3.36. The number of para-hydroxylation sites is 1. The quantitative estimate of drug-likeness (QED) is 0.223. The standard InChI is InChI=1S/C25H22ClN7O2S/c1-15(28)19(13-27)21(34)14-36-25-30-29-23(18-11-7-8-12-20(18)26)32(25)22-16(2)31(3)33(24(22)35)17-9-5-4-6-10-17/h4-12H,14,28H2,1-3H3/b19-15-. The van der Waals surface area contributed by atoms with Gasteiger partial charge in [0, 0.05) is 18.3 Å². The SMILES string of the molecule is C/C(N)=C(\C#N)C(=O)CSc1nnc(-c2ccccc2Cl)n1-c1c(C)n(C)n(-c2ccccc2)c1=O. The molecule has 182 valence electrons. The van der Waals surface area contributed by atoms with Gasteiger partial charge < -0.3 is 5.73 Å². The van der Waals surface area contributed by atoms with Crippen molar-refractivity contribution in [2.24, 2.45) is 12.8 Å². The number of nitriles is 1. The highest BCUT2D eigenvalue weighted by Gasteiger charge is 2.26. The molecule has 0 aliphatic heterocycles. The van der Waals surface area contributed by atoms with Crippen LogP contribution in [0.3, 0.4) is 0 Å². The van der Waals surface area contributed by atoms with E-state index in [1.807, 2.05) is 49.4 Å². The number of Topliss-reactive ketones (excluding diaryl/α,β-unsaturated/α-hetero) is 1. The Morgan fingerprint density at radius 1 is 1.14 bits per heavy atom. The van der Waals surface area contributed by atoms with Crippen molar-refractivity contribution in [3.63, 3.8) is 0 Å². The van der Waals surface area contributed by atoms with Gasteiger partial charge in [-0.15, -0.1) is 10.2 Å². The van der Waals surface area contributed by atoms with Gasteiger partial charge in [0.25, 0.3) is 5.56 Å². The van der Waals surface area contributed by atoms with Crippen LogP contribution in [0.15, 0.2) is 75.8 Å². The summed E-state index contributed by atoms with van der Waals surface area (Å²) < 4.78 is 4.91. The van der Waals surface area contributed by atoms with Crippen LogP contribution < -0.4 is 11.3 Å². The van der Waals surface area contributed by atoms with E-state index in [2.05, 4.69) is 10.2 Å². The number of benzene rings is 2. The number of allylic oxidation sites excluding steroid dienone is 2. The molecule has 4 aromatic rings. The normalized spacial score (nSPS) is 11.8. The summed E-state index contributed by atoms with van der Waals surface area (Å²) in [4.78, 5) is 26.4. The van der Waals surface area contributed by atoms with E-state index in [1.54, 1.807) is 39.2 Å². The average molecular weight is 520 g/mol. The molecule has 0 saturated carbocycles. The molecule has 0 saturated heterocycles. The molecule has 0 amide bonds. The summed E-state index contributed by atoms with van der Waals surface area (Å²) in [5.74, 6) is -0.202. The number of nitrogens with two attached hydrogens (primary N) is 1. The minimum absolute atomic E-state index is 0.109. The number of aromatic nitrogens is 5. The molecule has 0 aliphatic rings. The zero-order valence-corrected chi connectivity index (χ0v) is 21.3. The number of ketones is 1. The number of rotatable bonds is 7. The third-order valence-electron chi connectivity index (χ3n) is 5.61. The van der Waals surface area contributed by atoms with Crippen LogP contribution in [0.1, 0.15) is 12.6 Å². The lowest BCUT2D eigenvalue weighted by Gasteiger charge is -2.10. The maximum atomic E-state index is 13.8.